The minimum Gasteiger partial charge on any atom is -0.405 e. The van der Waals surface area contributed by atoms with E-state index in [1.807, 2.05) is 5.32 Å². The van der Waals surface area contributed by atoms with Crippen LogP contribution >= 0.6 is 0 Å². The Labute approximate surface area is 62.3 Å². The van der Waals surface area contributed by atoms with Gasteiger partial charge in [0, 0.05) is 0 Å². The van der Waals surface area contributed by atoms with E-state index < -0.39 is 6.03 Å². The first-order valence-corrected chi connectivity index (χ1v) is 2.83. The minimum absolute atomic E-state index is 0.0412. The van der Waals surface area contributed by atoms with Gasteiger partial charge in [0.05, 0.1) is 0 Å². The minimum atomic E-state index is -0.523. The Kier molecular flexibility index (Phi) is 1.92. The van der Waals surface area contributed by atoms with Gasteiger partial charge in [-0.2, -0.15) is 5.26 Å². The predicted molar refractivity (Wildman–Crippen MR) is 31.8 cm³/mol. The summed E-state index contributed by atoms with van der Waals surface area (Å²) in [5.74, 6) is -0.378. The molecule has 0 spiro atoms. The van der Waals surface area contributed by atoms with Crippen molar-refractivity contribution in [1.82, 2.24) is 10.2 Å². The van der Waals surface area contributed by atoms with Crippen LogP contribution in [-0.2, 0) is 9.53 Å². The first-order valence-electron chi connectivity index (χ1n) is 2.83. The SMILES string of the molecule is N#COCN1CC(=O)NC1=O. The highest BCUT2D eigenvalue weighted by Crippen LogP contribution is 1.96. The molecule has 6 nitrogen and oxygen atoms in total. The number of hydrogen-bond acceptors (Lipinski definition) is 4. The molecule has 0 aromatic carbocycles. The first-order chi connectivity index (χ1) is 5.24. The van der Waals surface area contributed by atoms with E-state index in [4.69, 9.17) is 5.26 Å². The summed E-state index contributed by atoms with van der Waals surface area (Å²) in [4.78, 5) is 22.3. The summed E-state index contributed by atoms with van der Waals surface area (Å²) in [5, 5.41) is 10.00. The Morgan fingerprint density at radius 1 is 1.73 bits per heavy atom. The van der Waals surface area contributed by atoms with Crippen LogP contribution in [0.5, 0.6) is 0 Å². The summed E-state index contributed by atoms with van der Waals surface area (Å²) in [6, 6.07) is -0.523. The summed E-state index contributed by atoms with van der Waals surface area (Å²) in [6.07, 6.45) is 1.40. The van der Waals surface area contributed by atoms with Crippen molar-refractivity contribution >= 4 is 11.9 Å². The second-order valence-electron chi connectivity index (χ2n) is 1.92. The third-order valence-corrected chi connectivity index (χ3v) is 1.15. The highest BCUT2D eigenvalue weighted by molar-refractivity contribution is 6.01. The number of carbonyl (C=O) groups excluding carboxylic acids is 2. The normalized spacial score (nSPS) is 16.1. The zero-order valence-corrected chi connectivity index (χ0v) is 5.53. The van der Waals surface area contributed by atoms with Crippen LogP contribution < -0.4 is 5.32 Å². The fraction of sp³-hybridized carbons (Fsp3) is 0.400. The summed E-state index contributed by atoms with van der Waals surface area (Å²) in [5.41, 5.74) is 0. The van der Waals surface area contributed by atoms with Gasteiger partial charge in [-0.25, -0.2) is 4.79 Å². The number of nitrogens with one attached hydrogen (secondary N) is 1. The summed E-state index contributed by atoms with van der Waals surface area (Å²) in [7, 11) is 0. The maximum Gasteiger partial charge on any atom is 0.327 e. The lowest BCUT2D eigenvalue weighted by Gasteiger charge is -2.08. The number of imide groups is 1. The molecular formula is C5H5N3O3. The number of rotatable bonds is 2. The molecular weight excluding hydrogens is 150 g/mol. The van der Waals surface area contributed by atoms with E-state index in [0.29, 0.717) is 0 Å². The van der Waals surface area contributed by atoms with Crippen molar-refractivity contribution in [2.24, 2.45) is 0 Å². The van der Waals surface area contributed by atoms with Crippen LogP contribution in [0.3, 0.4) is 0 Å². The number of carbonyl (C=O) groups is 2. The number of urea groups is 1. The topological polar surface area (TPSA) is 82.4 Å². The molecule has 0 aromatic rings. The number of hydrogen-bond donors (Lipinski definition) is 1. The Hall–Kier alpha value is -1.77. The lowest BCUT2D eigenvalue weighted by molar-refractivity contribution is -0.118. The highest BCUT2D eigenvalue weighted by Gasteiger charge is 2.26. The van der Waals surface area contributed by atoms with Crippen LogP contribution in [0.1, 0.15) is 0 Å². The fourth-order valence-electron chi connectivity index (χ4n) is 0.694. The van der Waals surface area contributed by atoms with E-state index in [1.165, 1.54) is 6.26 Å². The van der Waals surface area contributed by atoms with Crippen molar-refractivity contribution in [1.29, 1.82) is 5.26 Å². The molecule has 3 amide bonds. The molecule has 1 aliphatic rings. The van der Waals surface area contributed by atoms with E-state index in [1.54, 1.807) is 0 Å². The first kappa shape index (κ1) is 7.34. The number of nitrogens with zero attached hydrogens (tertiary/aromatic N) is 2. The Bertz CT molecular complexity index is 232. The predicted octanol–water partition coefficient (Wildman–Crippen LogP) is -1.01. The second-order valence-corrected chi connectivity index (χ2v) is 1.92. The van der Waals surface area contributed by atoms with Crippen molar-refractivity contribution in [3.05, 3.63) is 0 Å². The van der Waals surface area contributed by atoms with Crippen LogP contribution in [0.2, 0.25) is 0 Å². The van der Waals surface area contributed by atoms with Crippen LogP contribution in [0.15, 0.2) is 0 Å². The Morgan fingerprint density at radius 2 is 2.45 bits per heavy atom. The maximum absolute atomic E-state index is 10.7. The van der Waals surface area contributed by atoms with E-state index in [9.17, 15) is 9.59 Å². The standard InChI is InChI=1S/C5H5N3O3/c6-2-11-3-8-1-4(9)7-5(8)10/h1,3H2,(H,7,9,10). The molecule has 11 heavy (non-hydrogen) atoms. The molecule has 0 bridgehead atoms. The monoisotopic (exact) mass is 155 g/mol. The molecule has 0 aromatic heterocycles. The van der Waals surface area contributed by atoms with Gasteiger partial charge in [-0.3, -0.25) is 15.0 Å². The molecule has 6 heteroatoms. The smallest absolute Gasteiger partial charge is 0.327 e. The van der Waals surface area contributed by atoms with Crippen molar-refractivity contribution in [3.8, 4) is 6.26 Å². The molecule has 0 unspecified atom stereocenters. The third-order valence-electron chi connectivity index (χ3n) is 1.15. The number of amides is 3. The molecule has 0 radical (unpaired) electrons. The van der Waals surface area contributed by atoms with Gasteiger partial charge in [-0.05, 0) is 0 Å². The highest BCUT2D eigenvalue weighted by atomic mass is 16.5. The zero-order valence-electron chi connectivity index (χ0n) is 5.53. The molecule has 1 saturated heterocycles. The largest absolute Gasteiger partial charge is 0.405 e. The van der Waals surface area contributed by atoms with Gasteiger partial charge < -0.3 is 4.74 Å². The van der Waals surface area contributed by atoms with E-state index in [2.05, 4.69) is 4.74 Å². The van der Waals surface area contributed by atoms with E-state index in [0.717, 1.165) is 4.90 Å². The van der Waals surface area contributed by atoms with Gasteiger partial charge in [-0.15, -0.1) is 0 Å². The van der Waals surface area contributed by atoms with Gasteiger partial charge in [0.15, 0.2) is 6.73 Å². The van der Waals surface area contributed by atoms with Gasteiger partial charge in [0.25, 0.3) is 6.26 Å². The Balaban J connectivity index is 2.42. The van der Waals surface area contributed by atoms with Gasteiger partial charge in [0.2, 0.25) is 5.91 Å². The average Bonchev–Trinajstić information content (AvgIpc) is 2.26. The van der Waals surface area contributed by atoms with Gasteiger partial charge >= 0.3 is 6.03 Å². The molecule has 1 rings (SSSR count). The molecule has 58 valence electrons. The quantitative estimate of drug-likeness (QED) is 0.409. The summed E-state index contributed by atoms with van der Waals surface area (Å²) in [6.45, 7) is -0.214. The van der Waals surface area contributed by atoms with Crippen molar-refractivity contribution < 1.29 is 14.3 Å². The van der Waals surface area contributed by atoms with Crippen molar-refractivity contribution in [3.63, 3.8) is 0 Å². The molecule has 1 aliphatic heterocycles. The summed E-state index contributed by atoms with van der Waals surface area (Å²) < 4.78 is 4.25. The molecule has 1 fully saturated rings. The molecule has 1 N–H and O–H groups in total. The molecule has 0 atom stereocenters. The summed E-state index contributed by atoms with van der Waals surface area (Å²) >= 11 is 0. The molecule has 0 aliphatic carbocycles. The molecule has 0 saturated carbocycles. The van der Waals surface area contributed by atoms with Gasteiger partial charge in [0.1, 0.15) is 6.54 Å². The second kappa shape index (κ2) is 2.88. The lowest BCUT2D eigenvalue weighted by atomic mass is 10.6. The maximum atomic E-state index is 10.7. The van der Waals surface area contributed by atoms with Crippen LogP contribution in [0.25, 0.3) is 0 Å². The Morgan fingerprint density at radius 3 is 2.91 bits per heavy atom. The third kappa shape index (κ3) is 1.58. The van der Waals surface area contributed by atoms with Crippen LogP contribution in [0.4, 0.5) is 4.79 Å². The zero-order chi connectivity index (χ0) is 8.27. The number of nitriles is 1. The lowest BCUT2D eigenvalue weighted by Crippen LogP contribution is -2.29. The van der Waals surface area contributed by atoms with Crippen LogP contribution in [0, 0.1) is 11.5 Å². The number of ether oxygens (including phenoxy) is 1. The molecule has 1 heterocycles. The van der Waals surface area contributed by atoms with Crippen LogP contribution in [-0.4, -0.2) is 30.1 Å². The van der Waals surface area contributed by atoms with Crippen molar-refractivity contribution in [2.75, 3.05) is 13.3 Å². The van der Waals surface area contributed by atoms with E-state index in [-0.39, 0.29) is 19.2 Å². The average molecular weight is 155 g/mol. The van der Waals surface area contributed by atoms with Crippen molar-refractivity contribution in [2.45, 2.75) is 0 Å². The van der Waals surface area contributed by atoms with E-state index >= 15 is 0 Å². The fourth-order valence-corrected chi connectivity index (χ4v) is 0.694. The van der Waals surface area contributed by atoms with Gasteiger partial charge in [-0.1, -0.05) is 0 Å².